The normalized spacial score (nSPS) is 19.1. The number of rotatable bonds is 5. The van der Waals surface area contributed by atoms with Crippen LogP contribution in [0.4, 0.5) is 0 Å². The molecule has 1 aliphatic carbocycles. The third kappa shape index (κ3) is 3.11. The molecule has 0 radical (unpaired) electrons. The summed E-state index contributed by atoms with van der Waals surface area (Å²) >= 11 is 1.74. The summed E-state index contributed by atoms with van der Waals surface area (Å²) in [6, 6.07) is 0. The lowest BCUT2D eigenvalue weighted by molar-refractivity contribution is 0.00545. The van der Waals surface area contributed by atoms with E-state index in [0.717, 1.165) is 17.3 Å². The molecule has 0 aromatic carbocycles. The van der Waals surface area contributed by atoms with Crippen molar-refractivity contribution in [2.45, 2.75) is 58.6 Å². The maximum atomic E-state index is 5.99. The third-order valence-corrected chi connectivity index (χ3v) is 5.00. The van der Waals surface area contributed by atoms with Crippen LogP contribution in [0.15, 0.2) is 0 Å². The molecule has 2 rings (SSSR count). The van der Waals surface area contributed by atoms with Crippen molar-refractivity contribution in [2.75, 3.05) is 6.61 Å². The smallest absolute Gasteiger partial charge is 0.122 e. The van der Waals surface area contributed by atoms with Crippen LogP contribution in [-0.2, 0) is 11.3 Å². The van der Waals surface area contributed by atoms with Crippen LogP contribution < -0.4 is 5.73 Å². The van der Waals surface area contributed by atoms with E-state index in [9.17, 15) is 0 Å². The SMILES string of the molecule is CCOC(c1nc(C)c(CN)s1)C1CCCCC1. The second-order valence-electron chi connectivity index (χ2n) is 5.04. The van der Waals surface area contributed by atoms with Gasteiger partial charge in [-0.2, -0.15) is 0 Å². The first-order valence-corrected chi connectivity index (χ1v) is 7.85. The Kier molecular flexibility index (Phi) is 5.15. The van der Waals surface area contributed by atoms with Gasteiger partial charge in [-0.1, -0.05) is 19.3 Å². The van der Waals surface area contributed by atoms with Crippen molar-refractivity contribution in [3.8, 4) is 0 Å². The van der Waals surface area contributed by atoms with Gasteiger partial charge in [0.1, 0.15) is 11.1 Å². The summed E-state index contributed by atoms with van der Waals surface area (Å²) in [4.78, 5) is 5.89. The Balaban J connectivity index is 2.16. The molecule has 1 unspecified atom stereocenters. The van der Waals surface area contributed by atoms with E-state index in [1.165, 1.54) is 37.0 Å². The van der Waals surface area contributed by atoms with Crippen molar-refractivity contribution >= 4 is 11.3 Å². The van der Waals surface area contributed by atoms with E-state index < -0.39 is 0 Å². The number of ether oxygens (including phenoxy) is 1. The maximum absolute atomic E-state index is 5.99. The minimum Gasteiger partial charge on any atom is -0.371 e. The number of nitrogens with zero attached hydrogens (tertiary/aromatic N) is 1. The molecule has 0 amide bonds. The molecule has 1 heterocycles. The van der Waals surface area contributed by atoms with E-state index in [1.54, 1.807) is 11.3 Å². The molecule has 0 saturated heterocycles. The van der Waals surface area contributed by atoms with Gasteiger partial charge in [-0.25, -0.2) is 4.98 Å². The Hall–Kier alpha value is -0.450. The van der Waals surface area contributed by atoms with Crippen LogP contribution in [-0.4, -0.2) is 11.6 Å². The highest BCUT2D eigenvalue weighted by molar-refractivity contribution is 7.11. The van der Waals surface area contributed by atoms with Crippen molar-refractivity contribution in [3.63, 3.8) is 0 Å². The van der Waals surface area contributed by atoms with Crippen LogP contribution in [0.25, 0.3) is 0 Å². The van der Waals surface area contributed by atoms with Crippen LogP contribution in [0.3, 0.4) is 0 Å². The number of hydrogen-bond acceptors (Lipinski definition) is 4. The lowest BCUT2D eigenvalue weighted by atomic mass is 9.85. The van der Waals surface area contributed by atoms with Gasteiger partial charge in [0.05, 0.1) is 5.69 Å². The molecule has 1 aromatic rings. The summed E-state index contributed by atoms with van der Waals surface area (Å²) in [6.45, 7) is 5.47. The van der Waals surface area contributed by atoms with E-state index in [2.05, 4.69) is 11.9 Å². The Morgan fingerprint density at radius 1 is 1.39 bits per heavy atom. The Bertz CT molecular complexity index is 372. The summed E-state index contributed by atoms with van der Waals surface area (Å²) in [7, 11) is 0. The largest absolute Gasteiger partial charge is 0.371 e. The number of aryl methyl sites for hydroxylation is 1. The van der Waals surface area contributed by atoms with Gasteiger partial charge in [0.25, 0.3) is 0 Å². The summed E-state index contributed by atoms with van der Waals surface area (Å²) in [5.74, 6) is 0.648. The topological polar surface area (TPSA) is 48.1 Å². The molecule has 1 atom stereocenters. The lowest BCUT2D eigenvalue weighted by Gasteiger charge is -2.28. The Morgan fingerprint density at radius 2 is 2.11 bits per heavy atom. The molecule has 102 valence electrons. The molecule has 1 aromatic heterocycles. The predicted octanol–water partition coefficient (Wildman–Crippen LogP) is 3.57. The van der Waals surface area contributed by atoms with E-state index in [0.29, 0.717) is 12.5 Å². The molecule has 4 heteroatoms. The average Bonchev–Trinajstić information content (AvgIpc) is 2.78. The minimum atomic E-state index is 0.194. The number of nitrogens with two attached hydrogens (primary N) is 1. The van der Waals surface area contributed by atoms with E-state index in [1.807, 2.05) is 6.92 Å². The first-order chi connectivity index (χ1) is 8.76. The van der Waals surface area contributed by atoms with E-state index >= 15 is 0 Å². The van der Waals surface area contributed by atoms with Gasteiger partial charge in [0.2, 0.25) is 0 Å². The highest BCUT2D eigenvalue weighted by Crippen LogP contribution is 2.38. The minimum absolute atomic E-state index is 0.194. The van der Waals surface area contributed by atoms with Crippen molar-refractivity contribution in [1.29, 1.82) is 0 Å². The van der Waals surface area contributed by atoms with Crippen LogP contribution in [0.2, 0.25) is 0 Å². The Morgan fingerprint density at radius 3 is 2.67 bits per heavy atom. The molecule has 0 bridgehead atoms. The fourth-order valence-electron chi connectivity index (χ4n) is 2.79. The molecule has 3 nitrogen and oxygen atoms in total. The molecule has 0 spiro atoms. The van der Waals surface area contributed by atoms with E-state index in [4.69, 9.17) is 10.5 Å². The van der Waals surface area contributed by atoms with Gasteiger partial charge in [-0.05, 0) is 32.6 Å². The monoisotopic (exact) mass is 268 g/mol. The fraction of sp³-hybridized carbons (Fsp3) is 0.786. The zero-order valence-electron chi connectivity index (χ0n) is 11.4. The highest BCUT2D eigenvalue weighted by Gasteiger charge is 2.28. The molecule has 18 heavy (non-hydrogen) atoms. The molecule has 1 fully saturated rings. The maximum Gasteiger partial charge on any atom is 0.122 e. The first-order valence-electron chi connectivity index (χ1n) is 7.04. The van der Waals surface area contributed by atoms with Crippen LogP contribution in [0.1, 0.15) is 60.7 Å². The molecular weight excluding hydrogens is 244 g/mol. The molecule has 1 saturated carbocycles. The summed E-state index contributed by atoms with van der Waals surface area (Å²) in [5.41, 5.74) is 6.83. The van der Waals surface area contributed by atoms with Crippen molar-refractivity contribution < 1.29 is 4.74 Å². The van der Waals surface area contributed by atoms with Gasteiger partial charge >= 0.3 is 0 Å². The second-order valence-corrected chi connectivity index (χ2v) is 6.15. The van der Waals surface area contributed by atoms with Gasteiger partial charge in [-0.3, -0.25) is 0 Å². The average molecular weight is 268 g/mol. The zero-order valence-corrected chi connectivity index (χ0v) is 12.3. The number of hydrogen-bond donors (Lipinski definition) is 1. The lowest BCUT2D eigenvalue weighted by Crippen LogP contribution is -2.19. The quantitative estimate of drug-likeness (QED) is 0.888. The molecule has 0 aliphatic heterocycles. The van der Waals surface area contributed by atoms with Crippen LogP contribution in [0.5, 0.6) is 0 Å². The van der Waals surface area contributed by atoms with E-state index in [-0.39, 0.29) is 6.10 Å². The summed E-state index contributed by atoms with van der Waals surface area (Å²) < 4.78 is 5.99. The zero-order chi connectivity index (χ0) is 13.0. The number of aromatic nitrogens is 1. The van der Waals surface area contributed by atoms with Crippen molar-refractivity contribution in [2.24, 2.45) is 11.7 Å². The van der Waals surface area contributed by atoms with Crippen molar-refractivity contribution in [3.05, 3.63) is 15.6 Å². The third-order valence-electron chi connectivity index (χ3n) is 3.76. The van der Waals surface area contributed by atoms with Crippen molar-refractivity contribution in [1.82, 2.24) is 4.98 Å². The van der Waals surface area contributed by atoms with Gasteiger partial charge < -0.3 is 10.5 Å². The number of thiazole rings is 1. The summed E-state index contributed by atoms with van der Waals surface area (Å²) in [5, 5.41) is 1.14. The summed E-state index contributed by atoms with van der Waals surface area (Å²) in [6.07, 6.45) is 6.80. The second kappa shape index (κ2) is 6.64. The molecular formula is C14H24N2OS. The van der Waals surface area contributed by atoms with Crippen LogP contribution in [0, 0.1) is 12.8 Å². The van der Waals surface area contributed by atoms with Gasteiger partial charge in [-0.15, -0.1) is 11.3 Å². The van der Waals surface area contributed by atoms with Gasteiger partial charge in [0.15, 0.2) is 0 Å². The highest BCUT2D eigenvalue weighted by atomic mass is 32.1. The standard InChI is InChI=1S/C14H24N2OS/c1-3-17-13(11-7-5-4-6-8-11)14-16-10(2)12(9-15)18-14/h11,13H,3-9,15H2,1-2H3. The first kappa shape index (κ1) is 14.0. The van der Waals surface area contributed by atoms with Crippen LogP contribution >= 0.6 is 11.3 Å². The Labute approximate surface area is 114 Å². The fourth-order valence-corrected chi connectivity index (χ4v) is 3.88. The molecule has 2 N–H and O–H groups in total. The van der Waals surface area contributed by atoms with Gasteiger partial charge in [0, 0.05) is 18.0 Å². The molecule has 1 aliphatic rings. The predicted molar refractivity (Wildman–Crippen MR) is 75.7 cm³/mol.